The Labute approximate surface area is 164 Å². The molecular formula is C22H24N4O2. The molecule has 0 bridgehead atoms. The van der Waals surface area contributed by atoms with Crippen molar-refractivity contribution in [3.05, 3.63) is 48.0 Å². The predicted molar refractivity (Wildman–Crippen MR) is 111 cm³/mol. The van der Waals surface area contributed by atoms with Crippen molar-refractivity contribution in [3.8, 4) is 17.3 Å². The molecule has 0 aliphatic carbocycles. The van der Waals surface area contributed by atoms with Crippen LogP contribution in [0.25, 0.3) is 22.3 Å². The van der Waals surface area contributed by atoms with Crippen LogP contribution in [0.1, 0.15) is 12.5 Å². The van der Waals surface area contributed by atoms with E-state index in [9.17, 15) is 4.79 Å². The third kappa shape index (κ3) is 3.50. The minimum atomic E-state index is 0.150. The SMILES string of the molecule is COc1cccc(-c2cc(C)c3cc(N4CCN(C(C)=O)CC4)ccc3n2)n1. The number of nitrogens with zero attached hydrogens (tertiary/aromatic N) is 4. The number of fused-ring (bicyclic) bond motifs is 1. The van der Waals surface area contributed by atoms with E-state index in [1.54, 1.807) is 14.0 Å². The van der Waals surface area contributed by atoms with Crippen LogP contribution in [-0.2, 0) is 4.79 Å². The minimum Gasteiger partial charge on any atom is -0.481 e. The van der Waals surface area contributed by atoms with Crippen molar-refractivity contribution in [3.63, 3.8) is 0 Å². The number of carbonyl (C=O) groups is 1. The van der Waals surface area contributed by atoms with Crippen LogP contribution in [0.15, 0.2) is 42.5 Å². The first-order chi connectivity index (χ1) is 13.5. The summed E-state index contributed by atoms with van der Waals surface area (Å²) in [5.41, 5.74) is 4.92. The number of rotatable bonds is 3. The molecule has 1 aromatic carbocycles. The summed E-state index contributed by atoms with van der Waals surface area (Å²) >= 11 is 0. The molecule has 28 heavy (non-hydrogen) atoms. The number of amides is 1. The van der Waals surface area contributed by atoms with Crippen LogP contribution in [0.3, 0.4) is 0 Å². The van der Waals surface area contributed by atoms with Crippen molar-refractivity contribution < 1.29 is 9.53 Å². The molecule has 3 aromatic rings. The van der Waals surface area contributed by atoms with Gasteiger partial charge in [-0.25, -0.2) is 9.97 Å². The largest absolute Gasteiger partial charge is 0.481 e. The van der Waals surface area contributed by atoms with Crippen LogP contribution in [0.4, 0.5) is 5.69 Å². The standard InChI is InChI=1S/C22H24N4O2/c1-15-13-21(20-5-4-6-22(24-20)28-3)23-19-8-7-17(14-18(15)19)26-11-9-25(10-12-26)16(2)27/h4-8,13-14H,9-12H2,1-3H3. The average Bonchev–Trinajstić information content (AvgIpc) is 2.73. The van der Waals surface area contributed by atoms with Crippen LogP contribution in [0.5, 0.6) is 5.88 Å². The van der Waals surface area contributed by atoms with Gasteiger partial charge in [-0.2, -0.15) is 0 Å². The lowest BCUT2D eigenvalue weighted by atomic mass is 10.1. The summed E-state index contributed by atoms with van der Waals surface area (Å²) in [5.74, 6) is 0.731. The summed E-state index contributed by atoms with van der Waals surface area (Å²) in [4.78, 5) is 25.1. The van der Waals surface area contributed by atoms with Crippen LogP contribution < -0.4 is 9.64 Å². The summed E-state index contributed by atoms with van der Waals surface area (Å²) in [6.07, 6.45) is 0. The third-order valence-electron chi connectivity index (χ3n) is 5.28. The van der Waals surface area contributed by atoms with Crippen LogP contribution in [0.2, 0.25) is 0 Å². The molecule has 1 saturated heterocycles. The number of anilines is 1. The Hall–Kier alpha value is -3.15. The maximum atomic E-state index is 11.5. The highest BCUT2D eigenvalue weighted by Gasteiger charge is 2.19. The molecule has 0 saturated carbocycles. The van der Waals surface area contributed by atoms with E-state index in [1.165, 1.54) is 5.69 Å². The fourth-order valence-corrected chi connectivity index (χ4v) is 3.66. The maximum absolute atomic E-state index is 11.5. The van der Waals surface area contributed by atoms with Gasteiger partial charge < -0.3 is 14.5 Å². The van der Waals surface area contributed by atoms with E-state index < -0.39 is 0 Å². The molecule has 6 nitrogen and oxygen atoms in total. The van der Waals surface area contributed by atoms with Gasteiger partial charge in [-0.15, -0.1) is 0 Å². The van der Waals surface area contributed by atoms with Gasteiger partial charge in [0.15, 0.2) is 0 Å². The summed E-state index contributed by atoms with van der Waals surface area (Å²) in [6, 6.07) is 14.1. The van der Waals surface area contributed by atoms with E-state index in [1.807, 2.05) is 23.1 Å². The van der Waals surface area contributed by atoms with Gasteiger partial charge in [0, 0.05) is 50.2 Å². The fourth-order valence-electron chi connectivity index (χ4n) is 3.66. The summed E-state index contributed by atoms with van der Waals surface area (Å²) in [5, 5.41) is 1.14. The first-order valence-corrected chi connectivity index (χ1v) is 9.48. The quantitative estimate of drug-likeness (QED) is 0.702. The first-order valence-electron chi connectivity index (χ1n) is 9.48. The van der Waals surface area contributed by atoms with E-state index in [0.717, 1.165) is 54.0 Å². The second kappa shape index (κ2) is 7.46. The second-order valence-electron chi connectivity index (χ2n) is 7.08. The van der Waals surface area contributed by atoms with Gasteiger partial charge in [-0.3, -0.25) is 4.79 Å². The number of hydrogen-bond donors (Lipinski definition) is 0. The highest BCUT2D eigenvalue weighted by molar-refractivity contribution is 5.87. The van der Waals surface area contributed by atoms with E-state index in [2.05, 4.69) is 41.1 Å². The predicted octanol–water partition coefficient (Wildman–Crippen LogP) is 3.28. The number of benzene rings is 1. The van der Waals surface area contributed by atoms with Gasteiger partial charge in [0.05, 0.1) is 24.0 Å². The molecule has 0 radical (unpaired) electrons. The van der Waals surface area contributed by atoms with Crippen LogP contribution in [-0.4, -0.2) is 54.1 Å². The first kappa shape index (κ1) is 18.2. The number of aromatic nitrogens is 2. The van der Waals surface area contributed by atoms with Gasteiger partial charge >= 0.3 is 0 Å². The molecule has 2 aromatic heterocycles. The smallest absolute Gasteiger partial charge is 0.219 e. The normalized spacial score (nSPS) is 14.4. The monoisotopic (exact) mass is 376 g/mol. The second-order valence-corrected chi connectivity index (χ2v) is 7.08. The van der Waals surface area contributed by atoms with E-state index in [-0.39, 0.29) is 5.91 Å². The molecule has 0 spiro atoms. The third-order valence-corrected chi connectivity index (χ3v) is 5.28. The molecule has 6 heteroatoms. The van der Waals surface area contributed by atoms with Gasteiger partial charge in [0.2, 0.25) is 11.8 Å². The van der Waals surface area contributed by atoms with Crippen molar-refractivity contribution in [2.75, 3.05) is 38.2 Å². The molecule has 1 aliphatic rings. The van der Waals surface area contributed by atoms with E-state index in [0.29, 0.717) is 5.88 Å². The van der Waals surface area contributed by atoms with Crippen molar-refractivity contribution in [1.82, 2.24) is 14.9 Å². The molecule has 3 heterocycles. The summed E-state index contributed by atoms with van der Waals surface area (Å²) in [7, 11) is 1.61. The Balaban J connectivity index is 1.64. The highest BCUT2D eigenvalue weighted by atomic mass is 16.5. The Kier molecular flexibility index (Phi) is 4.86. The maximum Gasteiger partial charge on any atom is 0.219 e. The van der Waals surface area contributed by atoms with Gasteiger partial charge in [0.25, 0.3) is 0 Å². The summed E-state index contributed by atoms with van der Waals surface area (Å²) in [6.45, 7) is 6.98. The number of ether oxygens (including phenoxy) is 1. The number of pyridine rings is 2. The lowest BCUT2D eigenvalue weighted by Gasteiger charge is -2.35. The average molecular weight is 376 g/mol. The minimum absolute atomic E-state index is 0.150. The molecule has 0 unspecified atom stereocenters. The van der Waals surface area contributed by atoms with Gasteiger partial charge in [0.1, 0.15) is 0 Å². The van der Waals surface area contributed by atoms with Crippen molar-refractivity contribution in [2.24, 2.45) is 0 Å². The fraction of sp³-hybridized carbons (Fsp3) is 0.318. The van der Waals surface area contributed by atoms with Gasteiger partial charge in [-0.05, 0) is 42.8 Å². The highest BCUT2D eigenvalue weighted by Crippen LogP contribution is 2.28. The van der Waals surface area contributed by atoms with Crippen molar-refractivity contribution in [1.29, 1.82) is 0 Å². The van der Waals surface area contributed by atoms with Gasteiger partial charge in [-0.1, -0.05) is 6.07 Å². The van der Waals surface area contributed by atoms with Crippen LogP contribution in [0, 0.1) is 6.92 Å². The molecule has 144 valence electrons. The Morgan fingerprint density at radius 1 is 1.00 bits per heavy atom. The molecule has 1 amide bonds. The molecule has 4 rings (SSSR count). The number of carbonyl (C=O) groups excluding carboxylic acids is 1. The van der Waals surface area contributed by atoms with Crippen LogP contribution >= 0.6 is 0 Å². The lowest BCUT2D eigenvalue weighted by Crippen LogP contribution is -2.48. The molecule has 0 atom stereocenters. The van der Waals surface area contributed by atoms with E-state index >= 15 is 0 Å². The Morgan fingerprint density at radius 3 is 2.50 bits per heavy atom. The van der Waals surface area contributed by atoms with E-state index in [4.69, 9.17) is 9.72 Å². The molecule has 1 fully saturated rings. The Bertz CT molecular complexity index is 1030. The number of methoxy groups -OCH3 is 1. The molecular weight excluding hydrogens is 352 g/mol. The Morgan fingerprint density at radius 2 is 1.79 bits per heavy atom. The van der Waals surface area contributed by atoms with Crippen molar-refractivity contribution >= 4 is 22.5 Å². The number of hydrogen-bond acceptors (Lipinski definition) is 5. The number of piperazine rings is 1. The zero-order valence-corrected chi connectivity index (χ0v) is 16.5. The summed E-state index contributed by atoms with van der Waals surface area (Å²) < 4.78 is 5.23. The zero-order chi connectivity index (χ0) is 19.7. The lowest BCUT2D eigenvalue weighted by molar-refractivity contribution is -0.129. The topological polar surface area (TPSA) is 58.6 Å². The molecule has 1 aliphatic heterocycles. The molecule has 0 N–H and O–H groups in total. The van der Waals surface area contributed by atoms with Crippen molar-refractivity contribution in [2.45, 2.75) is 13.8 Å². The number of aryl methyl sites for hydroxylation is 1. The zero-order valence-electron chi connectivity index (χ0n) is 16.5.